The highest BCUT2D eigenvalue weighted by Crippen LogP contribution is 2.23. The van der Waals surface area contributed by atoms with E-state index >= 15 is 0 Å². The second-order valence-corrected chi connectivity index (χ2v) is 13.2. The maximum atomic E-state index is 13.9. The molecule has 236 valence electrons. The van der Waals surface area contributed by atoms with E-state index in [9.17, 15) is 22.4 Å². The van der Waals surface area contributed by atoms with Gasteiger partial charge in [-0.25, -0.2) is 17.5 Å². The van der Waals surface area contributed by atoms with Crippen LogP contribution in [0, 0.1) is 5.82 Å². The van der Waals surface area contributed by atoms with Crippen molar-refractivity contribution in [1.82, 2.24) is 14.9 Å². The molecule has 0 aromatic heterocycles. The molecular weight excluding hydrogens is 581 g/mol. The lowest BCUT2D eigenvalue weighted by molar-refractivity contribution is -0.141. The Kier molecular flexibility index (Phi) is 12.1. The fourth-order valence-electron chi connectivity index (χ4n) is 4.78. The van der Waals surface area contributed by atoms with Crippen molar-refractivity contribution in [2.24, 2.45) is 0 Å². The highest BCUT2D eigenvalue weighted by molar-refractivity contribution is 7.89. The van der Waals surface area contributed by atoms with Gasteiger partial charge in [0, 0.05) is 38.6 Å². The van der Waals surface area contributed by atoms with Crippen molar-refractivity contribution >= 4 is 21.8 Å². The number of halogens is 1. The van der Waals surface area contributed by atoms with Crippen LogP contribution in [0.3, 0.4) is 0 Å². The average Bonchev–Trinajstić information content (AvgIpc) is 3.82. The Balaban J connectivity index is 1.51. The van der Waals surface area contributed by atoms with Crippen molar-refractivity contribution in [1.29, 1.82) is 0 Å². The van der Waals surface area contributed by atoms with E-state index in [0.29, 0.717) is 38.0 Å². The molecule has 8 nitrogen and oxygen atoms in total. The predicted molar refractivity (Wildman–Crippen MR) is 168 cm³/mol. The third-order valence-electron chi connectivity index (χ3n) is 7.37. The normalized spacial score (nSPS) is 13.9. The maximum Gasteiger partial charge on any atom is 0.243 e. The molecule has 44 heavy (non-hydrogen) atoms. The summed E-state index contributed by atoms with van der Waals surface area (Å²) in [4.78, 5) is 29.3. The Morgan fingerprint density at radius 3 is 2.23 bits per heavy atom. The molecule has 10 heteroatoms. The van der Waals surface area contributed by atoms with Crippen LogP contribution < -0.4 is 10.0 Å². The summed E-state index contributed by atoms with van der Waals surface area (Å²) < 4.78 is 47.0. The molecule has 1 fully saturated rings. The first kappa shape index (κ1) is 33.3. The fraction of sp³-hybridized carbons (Fsp3) is 0.412. The topological polar surface area (TPSA) is 105 Å². The summed E-state index contributed by atoms with van der Waals surface area (Å²) in [6, 6.07) is 21.2. The van der Waals surface area contributed by atoms with Crippen LogP contribution in [-0.2, 0) is 43.7 Å². The number of rotatable bonds is 17. The largest absolute Gasteiger partial charge is 0.379 e. The van der Waals surface area contributed by atoms with E-state index in [1.807, 2.05) is 44.2 Å². The lowest BCUT2D eigenvalue weighted by Crippen LogP contribution is -2.50. The van der Waals surface area contributed by atoms with Crippen LogP contribution in [-0.4, -0.2) is 56.5 Å². The Morgan fingerprint density at radius 2 is 1.59 bits per heavy atom. The van der Waals surface area contributed by atoms with Gasteiger partial charge in [0.2, 0.25) is 21.8 Å². The minimum Gasteiger partial charge on any atom is -0.379 e. The van der Waals surface area contributed by atoms with E-state index < -0.39 is 16.1 Å². The van der Waals surface area contributed by atoms with Crippen LogP contribution in [0.2, 0.25) is 0 Å². The van der Waals surface area contributed by atoms with E-state index in [4.69, 9.17) is 4.74 Å². The number of aryl methyl sites for hydroxylation is 1. The first-order chi connectivity index (χ1) is 21.1. The first-order valence-electron chi connectivity index (χ1n) is 15.2. The second-order valence-electron chi connectivity index (χ2n) is 11.5. The van der Waals surface area contributed by atoms with Crippen molar-refractivity contribution < 1.29 is 27.1 Å². The quantitative estimate of drug-likeness (QED) is 0.211. The summed E-state index contributed by atoms with van der Waals surface area (Å²) in [7, 11) is -3.57. The molecule has 0 radical (unpaired) electrons. The highest BCUT2D eigenvalue weighted by atomic mass is 32.2. The zero-order valence-corrected chi connectivity index (χ0v) is 26.2. The average molecular weight is 624 g/mol. The molecule has 3 aromatic carbocycles. The number of hydrogen-bond acceptors (Lipinski definition) is 5. The molecule has 0 bridgehead atoms. The van der Waals surface area contributed by atoms with E-state index in [0.717, 1.165) is 24.0 Å². The van der Waals surface area contributed by atoms with E-state index in [1.165, 1.54) is 12.1 Å². The van der Waals surface area contributed by atoms with Gasteiger partial charge in [0.05, 0.1) is 11.0 Å². The summed E-state index contributed by atoms with van der Waals surface area (Å²) in [5.74, 6) is -0.890. The summed E-state index contributed by atoms with van der Waals surface area (Å²) in [6.45, 7) is 4.95. The second kappa shape index (κ2) is 15.9. The molecule has 1 aliphatic carbocycles. The third-order valence-corrected chi connectivity index (χ3v) is 8.91. The molecule has 0 saturated heterocycles. The van der Waals surface area contributed by atoms with Gasteiger partial charge in [-0.1, -0.05) is 54.6 Å². The van der Waals surface area contributed by atoms with Crippen LogP contribution in [0.25, 0.3) is 0 Å². The molecule has 2 N–H and O–H groups in total. The van der Waals surface area contributed by atoms with Crippen molar-refractivity contribution in [3.8, 4) is 0 Å². The molecular formula is C34H42FN3O5S. The highest BCUT2D eigenvalue weighted by Gasteiger charge is 2.30. The summed E-state index contributed by atoms with van der Waals surface area (Å²) >= 11 is 0. The predicted octanol–water partition coefficient (Wildman–Crippen LogP) is 4.77. The van der Waals surface area contributed by atoms with Crippen LogP contribution in [0.4, 0.5) is 4.39 Å². The third kappa shape index (κ3) is 10.5. The van der Waals surface area contributed by atoms with Gasteiger partial charge in [-0.15, -0.1) is 0 Å². The number of hydrogen-bond donors (Lipinski definition) is 2. The molecule has 4 rings (SSSR count). The number of sulfonamides is 1. The Morgan fingerprint density at radius 1 is 0.932 bits per heavy atom. The van der Waals surface area contributed by atoms with Crippen molar-refractivity contribution in [3.63, 3.8) is 0 Å². The summed E-state index contributed by atoms with van der Waals surface area (Å²) in [6.07, 6.45) is 3.21. The number of ether oxygens (including phenoxy) is 1. The standard InChI is InChI=1S/C34H42FN3O5S/c1-25(2)43-22-6-21-36-34(40)32(23-27-7-4-3-5-8-27)38(24-28-9-14-29(35)15-10-28)33(39)20-13-26-11-18-31(19-12-26)44(41,42)37-30-16-17-30/h3-5,7-12,14-15,18-19,25,30,32,37H,6,13,16-17,20-24H2,1-2H3,(H,36,40)/t32-/m1/s1. The van der Waals surface area contributed by atoms with Gasteiger partial charge in [0.1, 0.15) is 11.9 Å². The molecule has 1 aliphatic rings. The van der Waals surface area contributed by atoms with E-state index in [1.54, 1.807) is 41.3 Å². The summed E-state index contributed by atoms with van der Waals surface area (Å²) in [5.41, 5.74) is 2.41. The molecule has 0 heterocycles. The zero-order chi connectivity index (χ0) is 31.5. The van der Waals surface area contributed by atoms with E-state index in [2.05, 4.69) is 10.0 Å². The monoisotopic (exact) mass is 623 g/mol. The first-order valence-corrected chi connectivity index (χ1v) is 16.7. The van der Waals surface area contributed by atoms with Crippen molar-refractivity contribution in [2.75, 3.05) is 13.2 Å². The van der Waals surface area contributed by atoms with Crippen molar-refractivity contribution in [3.05, 3.63) is 101 Å². The number of carbonyl (C=O) groups is 2. The van der Waals surface area contributed by atoms with Crippen LogP contribution >= 0.6 is 0 Å². The Labute approximate surface area is 260 Å². The SMILES string of the molecule is CC(C)OCCCNC(=O)[C@@H](Cc1ccccc1)N(Cc1ccc(F)cc1)C(=O)CCc1ccc(S(=O)(=O)NC2CC2)cc1. The van der Waals surface area contributed by atoms with Gasteiger partial charge in [0.15, 0.2) is 0 Å². The van der Waals surface area contributed by atoms with E-state index in [-0.39, 0.29) is 47.6 Å². The van der Waals surface area contributed by atoms with Crippen molar-refractivity contribution in [2.45, 2.75) is 82.0 Å². The number of carbonyl (C=O) groups excluding carboxylic acids is 2. The minimum absolute atomic E-state index is 0.0128. The smallest absolute Gasteiger partial charge is 0.243 e. The summed E-state index contributed by atoms with van der Waals surface area (Å²) in [5, 5.41) is 2.98. The zero-order valence-electron chi connectivity index (χ0n) is 25.4. The van der Waals surface area contributed by atoms with Gasteiger partial charge in [0.25, 0.3) is 0 Å². The molecule has 1 saturated carbocycles. The lowest BCUT2D eigenvalue weighted by atomic mass is 10.0. The van der Waals surface area contributed by atoms with Gasteiger partial charge < -0.3 is 15.0 Å². The molecule has 0 spiro atoms. The fourth-order valence-corrected chi connectivity index (χ4v) is 6.08. The number of nitrogens with one attached hydrogen (secondary N) is 2. The molecule has 0 aliphatic heterocycles. The van der Waals surface area contributed by atoms with Crippen LogP contribution in [0.1, 0.15) is 56.2 Å². The van der Waals surface area contributed by atoms with Gasteiger partial charge in [-0.2, -0.15) is 0 Å². The minimum atomic E-state index is -3.57. The number of amides is 2. The molecule has 2 amide bonds. The maximum absolute atomic E-state index is 13.9. The number of benzene rings is 3. The van der Waals surface area contributed by atoms with Gasteiger partial charge in [-0.05, 0) is 80.5 Å². The Hall–Kier alpha value is -3.60. The van der Waals surface area contributed by atoms with Crippen LogP contribution in [0.15, 0.2) is 83.8 Å². The molecule has 0 unspecified atom stereocenters. The molecule has 1 atom stereocenters. The molecule has 3 aromatic rings. The van der Waals surface area contributed by atoms with Crippen LogP contribution in [0.5, 0.6) is 0 Å². The Bertz CT molecular complexity index is 1460. The van der Waals surface area contributed by atoms with Gasteiger partial charge >= 0.3 is 0 Å². The number of nitrogens with zero attached hydrogens (tertiary/aromatic N) is 1. The lowest BCUT2D eigenvalue weighted by Gasteiger charge is -2.32. The van der Waals surface area contributed by atoms with Gasteiger partial charge in [-0.3, -0.25) is 9.59 Å².